The monoisotopic (exact) mass is 368 g/mol. The Morgan fingerprint density at radius 2 is 1.39 bits per heavy atom. The Bertz CT molecular complexity index is 233. The molecule has 1 atom stereocenters. The summed E-state index contributed by atoms with van der Waals surface area (Å²) in [6.45, 7) is 9.34. The molecule has 0 amide bonds. The molecular formula is C12H24O5Sn. The molecule has 0 saturated heterocycles. The summed E-state index contributed by atoms with van der Waals surface area (Å²) in [5.74, 6) is -0.909. The van der Waals surface area contributed by atoms with E-state index >= 15 is 0 Å². The zero-order valence-corrected chi connectivity index (χ0v) is 14.4. The number of aliphatic hydroxyl groups excluding tert-OH is 1. The Morgan fingerprint density at radius 1 is 1.00 bits per heavy atom. The van der Waals surface area contributed by atoms with Gasteiger partial charge in [0.2, 0.25) is 0 Å². The van der Waals surface area contributed by atoms with Gasteiger partial charge in [-0.2, -0.15) is 0 Å². The van der Waals surface area contributed by atoms with Gasteiger partial charge in [0.05, 0.1) is 6.42 Å². The number of carboxylic acids is 2. The van der Waals surface area contributed by atoms with Crippen molar-refractivity contribution >= 4 is 33.1 Å². The molecule has 0 saturated carbocycles. The predicted molar refractivity (Wildman–Crippen MR) is 70.9 cm³/mol. The quantitative estimate of drug-likeness (QED) is 0.596. The molecule has 6 heteroatoms. The fourth-order valence-electron chi connectivity index (χ4n) is 0.913. The van der Waals surface area contributed by atoms with Gasteiger partial charge < -0.3 is 15.3 Å². The van der Waals surface area contributed by atoms with Crippen LogP contribution in [0.1, 0.15) is 34.1 Å². The van der Waals surface area contributed by atoms with E-state index in [0.717, 1.165) is 11.8 Å². The van der Waals surface area contributed by atoms with E-state index in [1.807, 2.05) is 0 Å². The minimum absolute atomic E-state index is 0.0709. The predicted octanol–water partition coefficient (Wildman–Crippen LogP) is 1.75. The Kier molecular flexibility index (Phi) is 13.1. The van der Waals surface area contributed by atoms with Gasteiger partial charge >= 0.3 is 81.5 Å². The van der Waals surface area contributed by atoms with Crippen LogP contribution in [0.2, 0.25) is 8.87 Å². The average Bonchev–Trinajstić information content (AvgIpc) is 2.15. The molecule has 0 aromatic heterocycles. The van der Waals surface area contributed by atoms with E-state index in [2.05, 4.69) is 27.7 Å². The molecule has 3 N–H and O–H groups in total. The molecule has 106 valence electrons. The minimum Gasteiger partial charge on any atom is -0.481 e. The fraction of sp³-hybridized carbons (Fsp3) is 0.833. The van der Waals surface area contributed by atoms with E-state index in [1.165, 1.54) is 0 Å². The molecule has 1 unspecified atom stereocenters. The number of carboxylic acid groups (broad SMARTS) is 2. The summed E-state index contributed by atoms with van der Waals surface area (Å²) in [6, 6.07) is 0. The normalized spacial score (nSPS) is 11.9. The van der Waals surface area contributed by atoms with Gasteiger partial charge in [-0.15, -0.1) is 0 Å². The molecule has 0 aliphatic carbocycles. The van der Waals surface area contributed by atoms with Crippen molar-refractivity contribution < 1.29 is 24.9 Å². The standard InChI is InChI=1S/C4H6O5.2C4H9.Sn/c5-2(4(8)9)1-3(6)7;2*1-4(2)3;/h2,5H,1H2,(H,6,7)(H,8,9);2*4H,1H2,2-3H3;. The van der Waals surface area contributed by atoms with Gasteiger partial charge in [0.15, 0.2) is 6.10 Å². The topological polar surface area (TPSA) is 94.8 Å². The second-order valence-electron chi connectivity index (χ2n) is 4.90. The Labute approximate surface area is 119 Å². The second-order valence-corrected chi connectivity index (χ2v) is 8.66. The van der Waals surface area contributed by atoms with Crippen molar-refractivity contribution in [1.82, 2.24) is 0 Å². The van der Waals surface area contributed by atoms with Crippen LogP contribution >= 0.6 is 0 Å². The molecule has 0 aromatic carbocycles. The van der Waals surface area contributed by atoms with Crippen molar-refractivity contribution in [3.63, 3.8) is 0 Å². The van der Waals surface area contributed by atoms with Crippen LogP contribution in [0.15, 0.2) is 0 Å². The first-order chi connectivity index (χ1) is 8.16. The first-order valence-corrected chi connectivity index (χ1v) is 10.0. The first-order valence-electron chi connectivity index (χ1n) is 6.00. The maximum atomic E-state index is 9.72. The Hall–Kier alpha value is -0.301. The summed E-state index contributed by atoms with van der Waals surface area (Å²) >= 11 is 0.0709. The maximum Gasteiger partial charge on any atom is 0.333 e. The van der Waals surface area contributed by atoms with Gasteiger partial charge in [-0.1, -0.05) is 0 Å². The summed E-state index contributed by atoms with van der Waals surface area (Å²) < 4.78 is 3.14. The Morgan fingerprint density at radius 3 is 1.56 bits per heavy atom. The SMILES string of the molecule is CC(C)[CH2][Sn][CH2]C(C)C.O=C(O)CC(O)C(=O)O. The molecule has 0 fully saturated rings. The van der Waals surface area contributed by atoms with Gasteiger partial charge in [0, 0.05) is 0 Å². The van der Waals surface area contributed by atoms with Crippen molar-refractivity contribution in [3.8, 4) is 0 Å². The van der Waals surface area contributed by atoms with E-state index < -0.39 is 24.5 Å². The third-order valence-electron chi connectivity index (χ3n) is 1.76. The van der Waals surface area contributed by atoms with Gasteiger partial charge in [-0.05, 0) is 0 Å². The molecule has 0 spiro atoms. The van der Waals surface area contributed by atoms with Crippen molar-refractivity contribution in [1.29, 1.82) is 0 Å². The van der Waals surface area contributed by atoms with Crippen LogP contribution in [0.4, 0.5) is 0 Å². The van der Waals surface area contributed by atoms with E-state index in [4.69, 9.17) is 15.3 Å². The minimum atomic E-state index is -1.79. The summed E-state index contributed by atoms with van der Waals surface area (Å²) in [7, 11) is 0. The molecule has 0 aromatic rings. The van der Waals surface area contributed by atoms with Gasteiger partial charge in [-0.3, -0.25) is 4.79 Å². The second kappa shape index (κ2) is 11.8. The zero-order chi connectivity index (χ0) is 14.7. The largest absolute Gasteiger partial charge is 0.481 e. The number of carbonyl (C=O) groups is 2. The van der Waals surface area contributed by atoms with Gasteiger partial charge in [-0.25, -0.2) is 4.79 Å². The molecular weight excluding hydrogens is 343 g/mol. The van der Waals surface area contributed by atoms with Crippen LogP contribution in [0.25, 0.3) is 0 Å². The molecule has 5 nitrogen and oxygen atoms in total. The zero-order valence-electron chi connectivity index (χ0n) is 11.5. The van der Waals surface area contributed by atoms with Crippen LogP contribution in [0.3, 0.4) is 0 Å². The number of aliphatic hydroxyl groups is 1. The van der Waals surface area contributed by atoms with Crippen molar-refractivity contribution in [2.24, 2.45) is 11.8 Å². The average molecular weight is 367 g/mol. The molecule has 18 heavy (non-hydrogen) atoms. The van der Waals surface area contributed by atoms with E-state index in [9.17, 15) is 9.59 Å². The summed E-state index contributed by atoms with van der Waals surface area (Å²) in [4.78, 5) is 19.4. The molecule has 0 aliphatic rings. The van der Waals surface area contributed by atoms with Crippen LogP contribution < -0.4 is 0 Å². The van der Waals surface area contributed by atoms with E-state index in [1.54, 1.807) is 8.87 Å². The third kappa shape index (κ3) is 18.1. The molecule has 0 aliphatic heterocycles. The van der Waals surface area contributed by atoms with Crippen molar-refractivity contribution in [2.45, 2.75) is 49.1 Å². The van der Waals surface area contributed by atoms with Gasteiger partial charge in [0.1, 0.15) is 0 Å². The third-order valence-corrected chi connectivity index (χ3v) is 8.07. The maximum absolute atomic E-state index is 9.72. The van der Waals surface area contributed by atoms with E-state index in [0.29, 0.717) is 0 Å². The van der Waals surface area contributed by atoms with Crippen LogP contribution in [0.5, 0.6) is 0 Å². The molecule has 0 heterocycles. The number of aliphatic carboxylic acids is 2. The number of rotatable bonds is 7. The summed E-state index contributed by atoms with van der Waals surface area (Å²) in [5, 5.41) is 24.1. The van der Waals surface area contributed by atoms with E-state index in [-0.39, 0.29) is 21.1 Å². The molecule has 0 rings (SSSR count). The van der Waals surface area contributed by atoms with Crippen molar-refractivity contribution in [2.75, 3.05) is 0 Å². The molecule has 2 radical (unpaired) electrons. The fourth-order valence-corrected chi connectivity index (χ4v) is 4.68. The van der Waals surface area contributed by atoms with Crippen LogP contribution in [-0.4, -0.2) is 54.5 Å². The first kappa shape index (κ1) is 20.0. The van der Waals surface area contributed by atoms with Crippen LogP contribution in [-0.2, 0) is 9.59 Å². The van der Waals surface area contributed by atoms with Crippen molar-refractivity contribution in [3.05, 3.63) is 0 Å². The number of hydrogen-bond acceptors (Lipinski definition) is 3. The summed E-state index contributed by atoms with van der Waals surface area (Å²) in [5.41, 5.74) is 0. The van der Waals surface area contributed by atoms with Gasteiger partial charge in [0.25, 0.3) is 0 Å². The smallest absolute Gasteiger partial charge is 0.333 e. The Balaban J connectivity index is 0. The summed E-state index contributed by atoms with van der Waals surface area (Å²) in [6.07, 6.45) is -2.54. The van der Waals surface area contributed by atoms with Crippen LogP contribution in [0, 0.1) is 11.8 Å². The number of hydrogen-bond donors (Lipinski definition) is 3. The molecule has 0 bridgehead atoms.